The zero-order valence-electron chi connectivity index (χ0n) is 30.5. The van der Waals surface area contributed by atoms with E-state index in [0.29, 0.717) is 12.8 Å². The van der Waals surface area contributed by atoms with Crippen molar-refractivity contribution in [3.8, 4) is 0 Å². The number of rotatable bonds is 10. The minimum Gasteiger partial charge on any atom is -0.421 e. The van der Waals surface area contributed by atoms with Gasteiger partial charge in [0.25, 0.3) is 0 Å². The van der Waals surface area contributed by atoms with Gasteiger partial charge in [-0.3, -0.25) is 9.80 Å². The second-order valence-corrected chi connectivity index (χ2v) is 17.4. The number of nitrogens with two attached hydrogens (primary N) is 2. The largest absolute Gasteiger partial charge is 0.442 e. The fraction of sp³-hybridized carbons (Fsp3) is 0.733. The van der Waals surface area contributed by atoms with E-state index >= 15 is 0 Å². The van der Waals surface area contributed by atoms with Gasteiger partial charge in [-0.15, -0.1) is 29.0 Å². The van der Waals surface area contributed by atoms with Crippen LogP contribution in [0.3, 0.4) is 0 Å². The lowest BCUT2D eigenvalue weighted by Gasteiger charge is -2.35. The standard InChI is InChI=1S/C30H42N16O8S/c1-41(2)19-17(33-25(31)35-19)23-39-37-21(51-23)13-9-29(5-6-29)15-11-43(13)27(47)45(15)53-55(49,50)54-46-16-12-44(28(46)48)14(10-30(16)7-8-30)22-38-40-24(52-22)18-20(42(3)4)36-26(32)34-18/h13-20H,5-12H2,1-4H3,(H3,31,33,35)(H3,32,34,36)/t13-,14-,15-,16-,17?,18?,19?,20?/m0/s1. The number of amides is 4. The number of guanidine groups is 2. The number of carbonyl (C=O) groups is 2. The van der Waals surface area contributed by atoms with Crippen LogP contribution < -0.4 is 22.1 Å². The summed E-state index contributed by atoms with van der Waals surface area (Å²) < 4.78 is 50.6. The van der Waals surface area contributed by atoms with Crippen molar-refractivity contribution in [2.75, 3.05) is 41.3 Å². The van der Waals surface area contributed by atoms with E-state index < -0.39 is 69.5 Å². The van der Waals surface area contributed by atoms with E-state index in [1.807, 2.05) is 38.0 Å². The number of hydrogen-bond donors (Lipinski definition) is 4. The van der Waals surface area contributed by atoms with Crippen LogP contribution in [0.1, 0.15) is 86.3 Å². The molecule has 2 spiro atoms. The molecule has 2 aliphatic carbocycles. The second kappa shape index (κ2) is 11.6. The molecule has 8 atom stereocenters. The summed E-state index contributed by atoms with van der Waals surface area (Å²) in [6.45, 7) is 0.348. The lowest BCUT2D eigenvalue weighted by Crippen LogP contribution is -2.45. The molecule has 25 heteroatoms. The molecule has 2 saturated carbocycles. The Morgan fingerprint density at radius 2 is 1.07 bits per heavy atom. The Morgan fingerprint density at radius 1 is 0.691 bits per heavy atom. The van der Waals surface area contributed by atoms with Gasteiger partial charge in [-0.2, -0.15) is 18.5 Å². The summed E-state index contributed by atoms with van der Waals surface area (Å²) >= 11 is 0. The Morgan fingerprint density at radius 3 is 1.44 bits per heavy atom. The van der Waals surface area contributed by atoms with E-state index in [-0.39, 0.29) is 60.9 Å². The molecule has 6 N–H and O–H groups in total. The molecule has 0 radical (unpaired) electrons. The van der Waals surface area contributed by atoms with Gasteiger partial charge in [-0.05, 0) is 77.5 Å². The van der Waals surface area contributed by atoms with E-state index in [1.165, 1.54) is 9.80 Å². The van der Waals surface area contributed by atoms with Crippen LogP contribution in [0.2, 0.25) is 0 Å². The van der Waals surface area contributed by atoms with E-state index in [4.69, 9.17) is 28.9 Å². The number of aliphatic imine (C=N–C) groups is 2. The molecule has 2 aromatic heterocycles. The van der Waals surface area contributed by atoms with Crippen molar-refractivity contribution in [2.24, 2.45) is 32.3 Å². The molecule has 4 saturated heterocycles. The minimum atomic E-state index is -4.98. The monoisotopic (exact) mass is 786 g/mol. The number of hydrogen-bond acceptors (Lipinski definition) is 20. The van der Waals surface area contributed by atoms with Crippen LogP contribution in [0, 0.1) is 10.8 Å². The van der Waals surface area contributed by atoms with Crippen molar-refractivity contribution >= 4 is 34.4 Å². The highest BCUT2D eigenvalue weighted by atomic mass is 32.3. The predicted molar refractivity (Wildman–Crippen MR) is 183 cm³/mol. The van der Waals surface area contributed by atoms with Crippen LogP contribution in [0.25, 0.3) is 0 Å². The molecule has 10 rings (SSSR count). The highest BCUT2D eigenvalue weighted by Crippen LogP contribution is 2.63. The number of aromatic nitrogens is 4. The molecule has 2 aromatic rings. The van der Waals surface area contributed by atoms with Crippen molar-refractivity contribution in [1.29, 1.82) is 0 Å². The average molecular weight is 787 g/mol. The first kappa shape index (κ1) is 34.6. The van der Waals surface area contributed by atoms with Crippen molar-refractivity contribution in [2.45, 2.75) is 87.1 Å². The summed E-state index contributed by atoms with van der Waals surface area (Å²) in [4.78, 5) is 43.3. The van der Waals surface area contributed by atoms with Gasteiger partial charge in [0, 0.05) is 13.1 Å². The summed E-state index contributed by atoms with van der Waals surface area (Å²) in [6.07, 6.45) is 3.27. The molecule has 8 aliphatic rings. The number of nitrogens with zero attached hydrogens (tertiary/aromatic N) is 12. The average Bonchev–Trinajstić information content (AvgIpc) is 3.59. The highest BCUT2D eigenvalue weighted by molar-refractivity contribution is 7.81. The molecule has 4 unspecified atom stereocenters. The molecule has 55 heavy (non-hydrogen) atoms. The maximum absolute atomic E-state index is 13.9. The third-order valence-corrected chi connectivity index (χ3v) is 13.2. The summed E-state index contributed by atoms with van der Waals surface area (Å²) in [6, 6.07) is -4.90. The van der Waals surface area contributed by atoms with E-state index in [0.717, 1.165) is 35.8 Å². The quantitative estimate of drug-likeness (QED) is 0.216. The first-order valence-corrected chi connectivity index (χ1v) is 19.5. The van der Waals surface area contributed by atoms with Crippen LogP contribution in [0.15, 0.2) is 18.8 Å². The Bertz CT molecular complexity index is 1970. The van der Waals surface area contributed by atoms with Crippen molar-refractivity contribution in [1.82, 2.24) is 60.8 Å². The zero-order valence-corrected chi connectivity index (χ0v) is 31.3. The molecule has 6 fully saturated rings. The third kappa shape index (κ3) is 5.33. The van der Waals surface area contributed by atoms with E-state index in [9.17, 15) is 18.0 Å². The molecule has 0 aromatic carbocycles. The van der Waals surface area contributed by atoms with E-state index in [2.05, 4.69) is 41.0 Å². The van der Waals surface area contributed by atoms with Crippen LogP contribution in [0.5, 0.6) is 0 Å². The van der Waals surface area contributed by atoms with Crippen LogP contribution >= 0.6 is 0 Å². The smallest absolute Gasteiger partial charge is 0.421 e. The maximum Gasteiger partial charge on any atom is 0.442 e. The summed E-state index contributed by atoms with van der Waals surface area (Å²) in [5, 5.41) is 24.9. The second-order valence-electron chi connectivity index (χ2n) is 16.3. The van der Waals surface area contributed by atoms with Gasteiger partial charge in [-0.1, -0.05) is 0 Å². The Kier molecular flexibility index (Phi) is 7.30. The van der Waals surface area contributed by atoms with Crippen molar-refractivity contribution in [3.63, 3.8) is 0 Å². The number of likely N-dealkylation sites (N-methyl/N-ethyl adjacent to an activating group) is 2. The van der Waals surface area contributed by atoms with Crippen LogP contribution in [-0.2, 0) is 19.0 Å². The molecule has 24 nitrogen and oxygen atoms in total. The SMILES string of the molecule is CN(C)C1NC(N)=NC1c1nnc([C@@H]2CC3(CC3)[C@@H]3CN2C(=O)N3OS(=O)(=O)ON2C(=O)N3C[C@H]2C2(CC2)C[C@H]3c2nnc(C3N=C(N)NC3N(C)C)o2)o1. The first-order chi connectivity index (χ1) is 26.2. The fourth-order valence-corrected chi connectivity index (χ4v) is 10.0. The van der Waals surface area contributed by atoms with Gasteiger partial charge in [0.1, 0.15) is 24.4 Å². The van der Waals surface area contributed by atoms with Gasteiger partial charge in [0.15, 0.2) is 24.0 Å². The highest BCUT2D eigenvalue weighted by Gasteiger charge is 2.67. The third-order valence-electron chi connectivity index (χ3n) is 12.5. The lowest BCUT2D eigenvalue weighted by atomic mass is 9.85. The lowest BCUT2D eigenvalue weighted by molar-refractivity contribution is -0.101. The molecule has 4 bridgehead atoms. The number of fused-ring (bicyclic) bond motifs is 6. The van der Waals surface area contributed by atoms with E-state index in [1.54, 1.807) is 0 Å². The number of urea groups is 2. The van der Waals surface area contributed by atoms with Gasteiger partial charge in [0.2, 0.25) is 23.6 Å². The number of hydroxylamine groups is 4. The Balaban J connectivity index is 0.852. The Hall–Kier alpha value is -4.85. The molecular formula is C30H42N16O8S. The van der Waals surface area contributed by atoms with Crippen LogP contribution in [-0.4, -0.2) is 148 Å². The van der Waals surface area contributed by atoms with Crippen molar-refractivity contribution in [3.05, 3.63) is 23.6 Å². The molecule has 4 amide bonds. The fourth-order valence-electron chi connectivity index (χ4n) is 9.26. The van der Waals surface area contributed by atoms with Gasteiger partial charge < -0.3 is 40.7 Å². The van der Waals surface area contributed by atoms with Gasteiger partial charge >= 0.3 is 22.5 Å². The summed E-state index contributed by atoms with van der Waals surface area (Å²) in [5.41, 5.74) is 11.0. The molecule has 8 heterocycles. The van der Waals surface area contributed by atoms with Gasteiger partial charge in [0.05, 0.1) is 12.1 Å². The number of carbonyl (C=O) groups excluding carboxylic acids is 2. The topological polar surface area (TPSA) is 285 Å². The Labute approximate surface area is 314 Å². The summed E-state index contributed by atoms with van der Waals surface area (Å²) in [7, 11) is 2.48. The first-order valence-electron chi connectivity index (χ1n) is 18.2. The number of nitrogens with one attached hydrogen (secondary N) is 2. The molecule has 296 valence electrons. The maximum atomic E-state index is 13.9. The number of piperidine rings is 2. The zero-order chi connectivity index (χ0) is 38.3. The minimum absolute atomic E-state index is 0.174. The van der Waals surface area contributed by atoms with Gasteiger partial charge in [-0.25, -0.2) is 19.6 Å². The summed E-state index contributed by atoms with van der Waals surface area (Å²) in [5.74, 6) is 1.38. The van der Waals surface area contributed by atoms with Crippen molar-refractivity contribution < 1.29 is 35.4 Å². The predicted octanol–water partition coefficient (Wildman–Crippen LogP) is -1.38. The molecule has 6 aliphatic heterocycles. The molecular weight excluding hydrogens is 745 g/mol. The normalized spacial score (nSPS) is 34.0. The van der Waals surface area contributed by atoms with Crippen LogP contribution in [0.4, 0.5) is 9.59 Å².